The molecule has 0 fully saturated rings. The van der Waals surface area contributed by atoms with Gasteiger partial charge in [0.15, 0.2) is 0 Å². The molecule has 0 heterocycles. The second-order valence-corrected chi connectivity index (χ2v) is 2.84. The molecule has 12 heavy (non-hydrogen) atoms. The van der Waals surface area contributed by atoms with Crippen molar-refractivity contribution in [2.45, 2.75) is 6.42 Å². The largest absolute Gasteiger partial charge is 0.396 e. The van der Waals surface area contributed by atoms with Crippen molar-refractivity contribution in [1.29, 1.82) is 0 Å². The van der Waals surface area contributed by atoms with E-state index in [1.165, 1.54) is 0 Å². The molecule has 0 saturated carbocycles. The number of hydrogen-bond acceptors (Lipinski definition) is 2. The highest BCUT2D eigenvalue weighted by molar-refractivity contribution is 5.14. The van der Waals surface area contributed by atoms with Gasteiger partial charge >= 0.3 is 0 Å². The zero-order valence-electron chi connectivity index (χ0n) is 6.90. The minimum absolute atomic E-state index is 0.0348. The van der Waals surface area contributed by atoms with Crippen molar-refractivity contribution in [1.82, 2.24) is 0 Å². The second-order valence-electron chi connectivity index (χ2n) is 2.84. The molecule has 0 aliphatic rings. The summed E-state index contributed by atoms with van der Waals surface area (Å²) in [4.78, 5) is 0. The maximum atomic E-state index is 8.82. The smallest absolute Gasteiger partial charge is 0.0484 e. The first-order valence-corrected chi connectivity index (χ1v) is 4.03. The number of aliphatic hydroxyl groups excluding tert-OH is 2. The maximum absolute atomic E-state index is 8.82. The molecule has 1 aromatic rings. The van der Waals surface area contributed by atoms with Crippen LogP contribution in [0.15, 0.2) is 24.3 Å². The van der Waals surface area contributed by atoms with Crippen molar-refractivity contribution in [3.63, 3.8) is 0 Å². The highest BCUT2D eigenvalue weighted by Gasteiger charge is 2.05. The first kappa shape index (κ1) is 9.23. The third-order valence-corrected chi connectivity index (χ3v) is 1.83. The summed E-state index contributed by atoms with van der Waals surface area (Å²) in [7, 11) is 0. The van der Waals surface area contributed by atoms with E-state index >= 15 is 0 Å². The average molecular weight is 165 g/mol. The molecule has 0 saturated heterocycles. The van der Waals surface area contributed by atoms with E-state index in [0.717, 1.165) is 12.0 Å². The fourth-order valence-electron chi connectivity index (χ4n) is 1.08. The maximum Gasteiger partial charge on any atom is 0.0484 e. The predicted octanol–water partition coefficient (Wildman–Crippen LogP) is 0.630. The molecule has 1 radical (unpaired) electrons. The molecule has 2 N–H and O–H groups in total. The van der Waals surface area contributed by atoms with Gasteiger partial charge in [0.2, 0.25) is 0 Å². The fourth-order valence-corrected chi connectivity index (χ4v) is 1.08. The van der Waals surface area contributed by atoms with Crippen molar-refractivity contribution >= 4 is 0 Å². The summed E-state index contributed by atoms with van der Waals surface area (Å²) in [6.45, 7) is 0.0736. The lowest BCUT2D eigenvalue weighted by molar-refractivity contribution is 0.150. The molecule has 0 unspecified atom stereocenters. The van der Waals surface area contributed by atoms with Gasteiger partial charge in [-0.2, -0.15) is 0 Å². The Bertz CT molecular complexity index is 204. The van der Waals surface area contributed by atoms with Gasteiger partial charge < -0.3 is 10.2 Å². The summed E-state index contributed by atoms with van der Waals surface area (Å²) in [5, 5.41) is 17.6. The molecule has 0 aromatic heterocycles. The minimum atomic E-state index is -0.0348. The summed E-state index contributed by atoms with van der Waals surface area (Å²) >= 11 is 0. The van der Waals surface area contributed by atoms with Crippen LogP contribution in [0.2, 0.25) is 0 Å². The van der Waals surface area contributed by atoms with Gasteiger partial charge in [-0.15, -0.1) is 0 Å². The van der Waals surface area contributed by atoms with E-state index in [9.17, 15) is 0 Å². The molecule has 0 amide bonds. The molecule has 2 nitrogen and oxygen atoms in total. The van der Waals surface area contributed by atoms with Gasteiger partial charge in [-0.1, -0.05) is 24.3 Å². The van der Waals surface area contributed by atoms with E-state index in [0.29, 0.717) is 0 Å². The zero-order valence-corrected chi connectivity index (χ0v) is 6.90. The molecular weight excluding hydrogens is 152 g/mol. The van der Waals surface area contributed by atoms with E-state index in [4.69, 9.17) is 10.2 Å². The summed E-state index contributed by atoms with van der Waals surface area (Å²) < 4.78 is 0. The highest BCUT2D eigenvalue weighted by atomic mass is 16.3. The van der Waals surface area contributed by atoms with Crippen LogP contribution in [-0.4, -0.2) is 23.4 Å². The summed E-state index contributed by atoms with van der Waals surface area (Å²) in [5.74, 6) is -0.0348. The van der Waals surface area contributed by atoms with E-state index in [1.54, 1.807) is 0 Å². The van der Waals surface area contributed by atoms with E-state index in [1.807, 2.05) is 24.3 Å². The summed E-state index contributed by atoms with van der Waals surface area (Å²) in [6, 6.07) is 10.5. The lowest BCUT2D eigenvalue weighted by Crippen LogP contribution is -2.13. The van der Waals surface area contributed by atoms with Crippen molar-refractivity contribution < 1.29 is 10.2 Å². The van der Waals surface area contributed by atoms with Crippen LogP contribution >= 0.6 is 0 Å². The van der Waals surface area contributed by atoms with Crippen molar-refractivity contribution in [2.24, 2.45) is 5.92 Å². The van der Waals surface area contributed by atoms with Crippen LogP contribution in [-0.2, 0) is 6.42 Å². The van der Waals surface area contributed by atoms with Gasteiger partial charge in [0.05, 0.1) is 0 Å². The number of benzene rings is 1. The lowest BCUT2D eigenvalue weighted by Gasteiger charge is -2.09. The highest BCUT2D eigenvalue weighted by Crippen LogP contribution is 2.06. The zero-order chi connectivity index (χ0) is 8.81. The summed E-state index contributed by atoms with van der Waals surface area (Å²) in [5.41, 5.74) is 1.13. The molecule has 0 atom stereocenters. The molecule has 1 aromatic carbocycles. The Morgan fingerprint density at radius 3 is 2.25 bits per heavy atom. The van der Waals surface area contributed by atoms with Gasteiger partial charge in [0, 0.05) is 19.1 Å². The number of aliphatic hydroxyl groups is 2. The lowest BCUT2D eigenvalue weighted by atomic mass is 10.0. The van der Waals surface area contributed by atoms with Crippen LogP contribution in [0.5, 0.6) is 0 Å². The van der Waals surface area contributed by atoms with Gasteiger partial charge in [-0.3, -0.25) is 0 Å². The standard InChI is InChI=1S/C10H13O2/c11-7-10(8-12)6-9-4-2-1-3-5-9/h2-5,10-12H,6-8H2. The molecule has 1 rings (SSSR count). The van der Waals surface area contributed by atoms with Crippen LogP contribution in [0.1, 0.15) is 5.56 Å². The van der Waals surface area contributed by atoms with Gasteiger partial charge in [0.25, 0.3) is 0 Å². The first-order valence-electron chi connectivity index (χ1n) is 4.03. The van der Waals surface area contributed by atoms with E-state index in [-0.39, 0.29) is 19.1 Å². The average Bonchev–Trinajstić information content (AvgIpc) is 2.16. The normalized spacial score (nSPS) is 10.6. The molecule has 0 spiro atoms. The topological polar surface area (TPSA) is 40.5 Å². The van der Waals surface area contributed by atoms with Crippen LogP contribution in [0.25, 0.3) is 0 Å². The molecule has 0 aliphatic carbocycles. The molecule has 2 heteroatoms. The monoisotopic (exact) mass is 165 g/mol. The molecule has 65 valence electrons. The van der Waals surface area contributed by atoms with Gasteiger partial charge in [-0.05, 0) is 18.1 Å². The third kappa shape index (κ3) is 2.64. The Kier molecular flexibility index (Phi) is 3.77. The molecule has 0 bridgehead atoms. The summed E-state index contributed by atoms with van der Waals surface area (Å²) in [6.07, 6.45) is 0.724. The third-order valence-electron chi connectivity index (χ3n) is 1.83. The van der Waals surface area contributed by atoms with Crippen LogP contribution in [0.3, 0.4) is 0 Å². The van der Waals surface area contributed by atoms with Crippen molar-refractivity contribution in [2.75, 3.05) is 13.2 Å². The minimum Gasteiger partial charge on any atom is -0.396 e. The van der Waals surface area contributed by atoms with Gasteiger partial charge in [0.1, 0.15) is 0 Å². The number of rotatable bonds is 4. The second kappa shape index (κ2) is 4.91. The number of hydrogen-bond donors (Lipinski definition) is 2. The predicted molar refractivity (Wildman–Crippen MR) is 46.6 cm³/mol. The quantitative estimate of drug-likeness (QED) is 0.687. The van der Waals surface area contributed by atoms with Crippen molar-refractivity contribution in [3.8, 4) is 0 Å². The van der Waals surface area contributed by atoms with E-state index < -0.39 is 0 Å². The van der Waals surface area contributed by atoms with Crippen LogP contribution < -0.4 is 0 Å². The van der Waals surface area contributed by atoms with E-state index in [2.05, 4.69) is 6.07 Å². The Labute approximate surface area is 72.5 Å². The fraction of sp³-hybridized carbons (Fsp3) is 0.400. The Hall–Kier alpha value is -0.860. The Balaban J connectivity index is 2.51. The van der Waals surface area contributed by atoms with Crippen LogP contribution in [0.4, 0.5) is 0 Å². The first-order chi connectivity index (χ1) is 5.86. The Morgan fingerprint density at radius 1 is 1.17 bits per heavy atom. The van der Waals surface area contributed by atoms with Crippen LogP contribution in [0, 0.1) is 12.0 Å². The molecular formula is C10H13O2. The SMILES string of the molecule is OCC(CO)Cc1cc[c]cc1. The Morgan fingerprint density at radius 2 is 1.75 bits per heavy atom. The molecule has 0 aliphatic heterocycles. The van der Waals surface area contributed by atoms with Gasteiger partial charge in [-0.25, -0.2) is 0 Å². The van der Waals surface area contributed by atoms with Crippen molar-refractivity contribution in [3.05, 3.63) is 35.9 Å².